The van der Waals surface area contributed by atoms with Gasteiger partial charge in [0.1, 0.15) is 19.3 Å². The average Bonchev–Trinajstić information content (AvgIpc) is 3.34. The van der Waals surface area contributed by atoms with Gasteiger partial charge in [0.05, 0.1) is 6.04 Å². The summed E-state index contributed by atoms with van der Waals surface area (Å²) in [5, 5.41) is 14.3. The number of nitrogens with one attached hydrogen (secondary N) is 1. The third kappa shape index (κ3) is 6.59. The van der Waals surface area contributed by atoms with Crippen molar-refractivity contribution in [1.29, 1.82) is 0 Å². The van der Waals surface area contributed by atoms with Crippen LogP contribution in [0.1, 0.15) is 63.0 Å². The highest BCUT2D eigenvalue weighted by atomic mass is 16.6. The highest BCUT2D eigenvalue weighted by Crippen LogP contribution is 2.33. The number of ether oxygens (including phenoxy) is 3. The minimum atomic E-state index is -0.794. The normalized spacial score (nSPS) is 21.3. The number of aliphatic hydroxyl groups excluding tert-OH is 1. The Morgan fingerprint density at radius 2 is 1.81 bits per heavy atom. The molecule has 3 aliphatic heterocycles. The molecule has 1 amide bonds. The number of hydrogen-bond donors (Lipinski definition) is 2. The zero-order chi connectivity index (χ0) is 22.2. The molecule has 0 spiro atoms. The zero-order valence-corrected chi connectivity index (χ0v) is 19.1. The van der Waals surface area contributed by atoms with Crippen LogP contribution in [0.25, 0.3) is 0 Å². The van der Waals surface area contributed by atoms with E-state index in [-0.39, 0.29) is 11.9 Å². The van der Waals surface area contributed by atoms with Crippen LogP contribution >= 0.6 is 0 Å². The fraction of sp³-hybridized carbons (Fsp3) is 0.720. The summed E-state index contributed by atoms with van der Waals surface area (Å²) in [6.07, 6.45) is 7.48. The summed E-state index contributed by atoms with van der Waals surface area (Å²) in [6.45, 7) is 5.49. The third-order valence-corrected chi connectivity index (χ3v) is 6.90. The lowest BCUT2D eigenvalue weighted by molar-refractivity contribution is -0.123. The summed E-state index contributed by atoms with van der Waals surface area (Å²) >= 11 is 0. The molecule has 4 rings (SSSR count). The molecule has 0 saturated carbocycles. The van der Waals surface area contributed by atoms with Gasteiger partial charge < -0.3 is 29.5 Å². The van der Waals surface area contributed by atoms with Gasteiger partial charge in [-0.25, -0.2) is 0 Å². The largest absolute Gasteiger partial charge is 0.486 e. The van der Waals surface area contributed by atoms with Gasteiger partial charge in [-0.1, -0.05) is 18.9 Å². The second kappa shape index (κ2) is 11.9. The fourth-order valence-corrected chi connectivity index (χ4v) is 4.98. The van der Waals surface area contributed by atoms with Gasteiger partial charge in [-0.15, -0.1) is 0 Å². The lowest BCUT2D eigenvalue weighted by Gasteiger charge is -2.29. The van der Waals surface area contributed by atoms with Gasteiger partial charge in [-0.2, -0.15) is 0 Å². The Labute approximate surface area is 191 Å². The minimum Gasteiger partial charge on any atom is -0.486 e. The summed E-state index contributed by atoms with van der Waals surface area (Å²) in [5.74, 6) is 2.13. The molecule has 178 valence electrons. The Morgan fingerprint density at radius 1 is 1.06 bits per heavy atom. The fourth-order valence-electron chi connectivity index (χ4n) is 4.98. The lowest BCUT2D eigenvalue weighted by atomic mass is 9.94. The van der Waals surface area contributed by atoms with Gasteiger partial charge in [-0.05, 0) is 68.8 Å². The van der Waals surface area contributed by atoms with E-state index in [2.05, 4.69) is 10.2 Å². The summed E-state index contributed by atoms with van der Waals surface area (Å²) < 4.78 is 16.7. The van der Waals surface area contributed by atoms with Gasteiger partial charge in [-0.3, -0.25) is 4.79 Å². The van der Waals surface area contributed by atoms with Crippen LogP contribution in [0.4, 0.5) is 0 Å². The predicted molar refractivity (Wildman–Crippen MR) is 122 cm³/mol. The van der Waals surface area contributed by atoms with Crippen LogP contribution in [-0.2, 0) is 9.53 Å². The molecule has 1 aromatic carbocycles. The van der Waals surface area contributed by atoms with Crippen molar-refractivity contribution in [1.82, 2.24) is 10.2 Å². The maximum absolute atomic E-state index is 12.7. The highest BCUT2D eigenvalue weighted by molar-refractivity contribution is 5.76. The molecule has 2 atom stereocenters. The van der Waals surface area contributed by atoms with Gasteiger partial charge in [0.2, 0.25) is 5.91 Å². The summed E-state index contributed by atoms with van der Waals surface area (Å²) in [4.78, 5) is 15.1. The van der Waals surface area contributed by atoms with Crippen molar-refractivity contribution >= 4 is 5.91 Å². The van der Waals surface area contributed by atoms with Crippen molar-refractivity contribution in [2.24, 2.45) is 5.92 Å². The molecule has 0 unspecified atom stereocenters. The third-order valence-electron chi connectivity index (χ3n) is 6.90. The van der Waals surface area contributed by atoms with Crippen molar-refractivity contribution in [3.63, 3.8) is 0 Å². The summed E-state index contributed by atoms with van der Waals surface area (Å²) in [6, 6.07) is 5.21. The van der Waals surface area contributed by atoms with Crippen molar-refractivity contribution in [3.8, 4) is 11.5 Å². The molecular weight excluding hydrogens is 408 g/mol. The number of nitrogens with zero attached hydrogens (tertiary/aromatic N) is 1. The van der Waals surface area contributed by atoms with Crippen molar-refractivity contribution in [3.05, 3.63) is 23.8 Å². The average molecular weight is 447 g/mol. The van der Waals surface area contributed by atoms with E-state index in [4.69, 9.17) is 14.2 Å². The quantitative estimate of drug-likeness (QED) is 0.538. The molecule has 1 aromatic rings. The van der Waals surface area contributed by atoms with Gasteiger partial charge in [0.15, 0.2) is 11.5 Å². The number of benzene rings is 1. The molecule has 0 aromatic heterocycles. The van der Waals surface area contributed by atoms with E-state index in [9.17, 15) is 9.90 Å². The Kier molecular flexibility index (Phi) is 8.65. The Morgan fingerprint density at radius 3 is 2.59 bits per heavy atom. The molecule has 3 aliphatic rings. The van der Waals surface area contributed by atoms with Crippen LogP contribution in [0.2, 0.25) is 0 Å². The van der Waals surface area contributed by atoms with Crippen molar-refractivity contribution < 1.29 is 24.1 Å². The maximum atomic E-state index is 12.7. The van der Waals surface area contributed by atoms with E-state index < -0.39 is 6.10 Å². The molecule has 2 N–H and O–H groups in total. The molecule has 0 radical (unpaired) electrons. The van der Waals surface area contributed by atoms with Crippen molar-refractivity contribution in [2.75, 3.05) is 46.1 Å². The van der Waals surface area contributed by atoms with E-state index >= 15 is 0 Å². The van der Waals surface area contributed by atoms with E-state index in [1.54, 1.807) is 0 Å². The summed E-state index contributed by atoms with van der Waals surface area (Å²) in [7, 11) is 0. The molecule has 2 saturated heterocycles. The maximum Gasteiger partial charge on any atom is 0.220 e. The van der Waals surface area contributed by atoms with E-state index in [0.717, 1.165) is 63.5 Å². The minimum absolute atomic E-state index is 0.0257. The number of hydrogen-bond acceptors (Lipinski definition) is 6. The van der Waals surface area contributed by atoms with Gasteiger partial charge in [0.25, 0.3) is 0 Å². The molecule has 2 fully saturated rings. The molecule has 0 bridgehead atoms. The Balaban J connectivity index is 1.31. The first-order valence-corrected chi connectivity index (χ1v) is 12.4. The van der Waals surface area contributed by atoms with Crippen molar-refractivity contribution in [2.45, 2.75) is 63.5 Å². The zero-order valence-electron chi connectivity index (χ0n) is 19.1. The van der Waals surface area contributed by atoms with E-state index in [1.165, 1.54) is 19.3 Å². The predicted octanol–water partition coefficient (Wildman–Crippen LogP) is 3.06. The number of carbonyl (C=O) groups excluding carboxylic acids is 1. The summed E-state index contributed by atoms with van der Waals surface area (Å²) in [5.41, 5.74) is 0.748. The number of rotatable bonds is 10. The number of aliphatic hydroxyl groups is 1. The SMILES string of the molecule is O=C(CCCCC1CCOCC1)N[C@H](CN1CCCC1)[C@@H](O)c1ccc2c(c1)OCCO2. The Bertz CT molecular complexity index is 731. The number of unbranched alkanes of at least 4 members (excludes halogenated alkanes) is 1. The standard InChI is InChI=1S/C25H38N2O5/c28-24(6-2-1-5-19-9-13-30-14-10-19)26-21(18-27-11-3-4-12-27)25(29)20-7-8-22-23(17-20)32-16-15-31-22/h7-8,17,19,21,25,29H,1-6,9-16,18H2,(H,26,28)/t21-,25+/m1/s1. The first-order chi connectivity index (χ1) is 15.7. The lowest BCUT2D eigenvalue weighted by Crippen LogP contribution is -2.46. The first kappa shape index (κ1) is 23.3. The topological polar surface area (TPSA) is 80.3 Å². The Hall–Kier alpha value is -1.83. The van der Waals surface area contributed by atoms with Gasteiger partial charge in [0, 0.05) is 26.2 Å². The van der Waals surface area contributed by atoms with Crippen LogP contribution in [0.3, 0.4) is 0 Å². The number of amides is 1. The van der Waals surface area contributed by atoms with Crippen LogP contribution in [0.15, 0.2) is 18.2 Å². The van der Waals surface area contributed by atoms with Crippen LogP contribution in [0, 0.1) is 5.92 Å². The molecule has 32 heavy (non-hydrogen) atoms. The molecule has 3 heterocycles. The number of fused-ring (bicyclic) bond motifs is 1. The second-order valence-corrected chi connectivity index (χ2v) is 9.33. The number of carbonyl (C=O) groups is 1. The first-order valence-electron chi connectivity index (χ1n) is 12.4. The van der Waals surface area contributed by atoms with Crippen LogP contribution in [0.5, 0.6) is 11.5 Å². The van der Waals surface area contributed by atoms with Crippen LogP contribution in [-0.4, -0.2) is 68.0 Å². The van der Waals surface area contributed by atoms with E-state index in [1.807, 2.05) is 18.2 Å². The molecule has 7 heteroatoms. The smallest absolute Gasteiger partial charge is 0.220 e. The van der Waals surface area contributed by atoms with Gasteiger partial charge >= 0.3 is 0 Å². The highest BCUT2D eigenvalue weighted by Gasteiger charge is 2.27. The molecular formula is C25H38N2O5. The molecule has 7 nitrogen and oxygen atoms in total. The second-order valence-electron chi connectivity index (χ2n) is 9.33. The molecule has 0 aliphatic carbocycles. The number of likely N-dealkylation sites (tertiary alicyclic amines) is 1. The monoisotopic (exact) mass is 446 g/mol. The van der Waals surface area contributed by atoms with Crippen LogP contribution < -0.4 is 14.8 Å². The van der Waals surface area contributed by atoms with E-state index in [0.29, 0.717) is 37.7 Å².